The van der Waals surface area contributed by atoms with Crippen molar-refractivity contribution >= 4 is 23.3 Å². The van der Waals surface area contributed by atoms with Gasteiger partial charge in [0.2, 0.25) is 11.9 Å². The van der Waals surface area contributed by atoms with E-state index in [9.17, 15) is 4.79 Å². The highest BCUT2D eigenvalue weighted by Crippen LogP contribution is 2.27. The summed E-state index contributed by atoms with van der Waals surface area (Å²) in [6.07, 6.45) is 5.55. The summed E-state index contributed by atoms with van der Waals surface area (Å²) >= 11 is 6.04. The van der Waals surface area contributed by atoms with E-state index in [2.05, 4.69) is 25.6 Å². The number of hydrogen-bond donors (Lipinski definition) is 2. The zero-order chi connectivity index (χ0) is 20.6. The molecule has 0 saturated heterocycles. The maximum absolute atomic E-state index is 12.1. The van der Waals surface area contributed by atoms with Crippen LogP contribution in [0.5, 0.6) is 11.5 Å². The van der Waals surface area contributed by atoms with E-state index in [1.807, 2.05) is 18.2 Å². The lowest BCUT2D eigenvalue weighted by Gasteiger charge is -2.11. The van der Waals surface area contributed by atoms with Gasteiger partial charge in [0, 0.05) is 25.0 Å². The van der Waals surface area contributed by atoms with E-state index in [0.29, 0.717) is 36.2 Å². The minimum atomic E-state index is -0.163. The molecule has 0 atom stereocenters. The van der Waals surface area contributed by atoms with Crippen molar-refractivity contribution in [1.82, 2.24) is 24.8 Å². The van der Waals surface area contributed by atoms with Gasteiger partial charge in [0.25, 0.3) is 0 Å². The molecule has 0 aliphatic rings. The number of benzene rings is 1. The Labute approximate surface area is 173 Å². The average molecular weight is 417 g/mol. The largest absolute Gasteiger partial charge is 0.493 e. The van der Waals surface area contributed by atoms with Crippen molar-refractivity contribution in [3.8, 4) is 17.4 Å². The lowest BCUT2D eigenvalue weighted by molar-refractivity contribution is -0.119. The molecule has 9 nitrogen and oxygen atoms in total. The quantitative estimate of drug-likeness (QED) is 0.515. The fraction of sp³-hybridized carbons (Fsp3) is 0.263. The number of anilines is 1. The molecule has 152 valence electrons. The smallest absolute Gasteiger partial charge is 0.239 e. The average Bonchev–Trinajstić information content (AvgIpc) is 3.27. The third kappa shape index (κ3) is 5.58. The highest BCUT2D eigenvalue weighted by molar-refractivity contribution is 6.29. The predicted molar refractivity (Wildman–Crippen MR) is 109 cm³/mol. The van der Waals surface area contributed by atoms with Crippen molar-refractivity contribution in [3.05, 3.63) is 53.7 Å². The van der Waals surface area contributed by atoms with Crippen LogP contribution in [-0.4, -0.2) is 52.7 Å². The lowest BCUT2D eigenvalue weighted by Crippen LogP contribution is -2.31. The number of carbonyl (C=O) groups is 1. The molecular weight excluding hydrogens is 396 g/mol. The summed E-state index contributed by atoms with van der Waals surface area (Å²) < 4.78 is 12.1. The zero-order valence-corrected chi connectivity index (χ0v) is 16.8. The maximum atomic E-state index is 12.1. The topological polar surface area (TPSA) is 103 Å². The number of nitrogens with one attached hydrogen (secondary N) is 2. The Bertz CT molecular complexity index is 965. The van der Waals surface area contributed by atoms with Gasteiger partial charge in [0.15, 0.2) is 11.5 Å². The Morgan fingerprint density at radius 2 is 2.00 bits per heavy atom. The van der Waals surface area contributed by atoms with Gasteiger partial charge >= 0.3 is 0 Å². The monoisotopic (exact) mass is 416 g/mol. The van der Waals surface area contributed by atoms with Crippen molar-refractivity contribution in [3.63, 3.8) is 0 Å². The fourth-order valence-corrected chi connectivity index (χ4v) is 2.78. The zero-order valence-electron chi connectivity index (χ0n) is 16.1. The first-order valence-corrected chi connectivity index (χ1v) is 9.21. The fourth-order valence-electron chi connectivity index (χ4n) is 2.60. The lowest BCUT2D eigenvalue weighted by atomic mass is 10.1. The van der Waals surface area contributed by atoms with Gasteiger partial charge < -0.3 is 20.1 Å². The van der Waals surface area contributed by atoms with Gasteiger partial charge in [-0.1, -0.05) is 17.7 Å². The van der Waals surface area contributed by atoms with Crippen LogP contribution in [0.1, 0.15) is 5.56 Å². The Hall–Kier alpha value is -3.33. The first-order chi connectivity index (χ1) is 14.1. The molecule has 2 heterocycles. The number of halogens is 1. The van der Waals surface area contributed by atoms with Gasteiger partial charge in [-0.2, -0.15) is 4.98 Å². The normalized spacial score (nSPS) is 10.4. The SMILES string of the molecule is COc1ccc(CCNC(=O)CNc2cc(Cl)nc(-n3ccnc3)n2)cc1OC. The molecule has 2 aromatic heterocycles. The Kier molecular flexibility index (Phi) is 6.85. The van der Waals surface area contributed by atoms with Crippen LogP contribution in [0.2, 0.25) is 5.15 Å². The molecule has 3 rings (SSSR count). The van der Waals surface area contributed by atoms with E-state index in [-0.39, 0.29) is 17.6 Å². The molecule has 0 saturated carbocycles. The van der Waals surface area contributed by atoms with Crippen molar-refractivity contribution in [2.45, 2.75) is 6.42 Å². The minimum absolute atomic E-state index is 0.0582. The minimum Gasteiger partial charge on any atom is -0.493 e. The molecule has 1 aromatic carbocycles. The van der Waals surface area contributed by atoms with Crippen LogP contribution >= 0.6 is 11.6 Å². The van der Waals surface area contributed by atoms with Crippen LogP contribution < -0.4 is 20.1 Å². The standard InChI is InChI=1S/C19H21ClN6O3/c1-28-14-4-3-13(9-15(14)29-2)5-6-22-18(27)11-23-17-10-16(20)24-19(25-17)26-8-7-21-12-26/h3-4,7-10,12H,5-6,11H2,1-2H3,(H,22,27)(H,23,24,25). The Morgan fingerprint density at radius 1 is 1.17 bits per heavy atom. The van der Waals surface area contributed by atoms with E-state index in [0.717, 1.165) is 5.56 Å². The molecule has 1 amide bonds. The number of amides is 1. The number of aromatic nitrogens is 4. The van der Waals surface area contributed by atoms with E-state index in [1.165, 1.54) is 0 Å². The van der Waals surface area contributed by atoms with Crippen molar-refractivity contribution in [2.75, 3.05) is 32.6 Å². The number of ether oxygens (including phenoxy) is 2. The van der Waals surface area contributed by atoms with Gasteiger partial charge in [-0.3, -0.25) is 9.36 Å². The van der Waals surface area contributed by atoms with Gasteiger partial charge in [0.1, 0.15) is 17.3 Å². The molecule has 0 aliphatic heterocycles. The van der Waals surface area contributed by atoms with Gasteiger partial charge in [-0.15, -0.1) is 0 Å². The summed E-state index contributed by atoms with van der Waals surface area (Å²) in [5, 5.41) is 6.07. The van der Waals surface area contributed by atoms with E-state index in [1.54, 1.807) is 43.6 Å². The molecule has 0 aliphatic carbocycles. The first kappa shape index (κ1) is 20.4. The van der Waals surface area contributed by atoms with Gasteiger partial charge in [0.05, 0.1) is 20.8 Å². The third-order valence-corrected chi connectivity index (χ3v) is 4.23. The molecule has 0 unspecified atom stereocenters. The summed E-state index contributed by atoms with van der Waals surface area (Å²) in [7, 11) is 3.18. The van der Waals surface area contributed by atoms with E-state index in [4.69, 9.17) is 21.1 Å². The van der Waals surface area contributed by atoms with Crippen molar-refractivity contribution in [1.29, 1.82) is 0 Å². The molecule has 3 aromatic rings. The van der Waals surface area contributed by atoms with Crippen LogP contribution in [0, 0.1) is 0 Å². The number of imidazole rings is 1. The number of rotatable bonds is 9. The van der Waals surface area contributed by atoms with Crippen LogP contribution in [0.4, 0.5) is 5.82 Å². The second-order valence-corrected chi connectivity index (χ2v) is 6.38. The van der Waals surface area contributed by atoms with Gasteiger partial charge in [-0.25, -0.2) is 9.97 Å². The molecule has 0 spiro atoms. The van der Waals surface area contributed by atoms with E-state index >= 15 is 0 Å². The molecule has 29 heavy (non-hydrogen) atoms. The summed E-state index contributed by atoms with van der Waals surface area (Å²) in [6, 6.07) is 7.23. The number of hydrogen-bond acceptors (Lipinski definition) is 7. The van der Waals surface area contributed by atoms with E-state index < -0.39 is 0 Å². The molecule has 10 heteroatoms. The van der Waals surface area contributed by atoms with Gasteiger partial charge in [-0.05, 0) is 24.1 Å². The second kappa shape index (κ2) is 9.74. The van der Waals surface area contributed by atoms with Crippen LogP contribution in [0.3, 0.4) is 0 Å². The predicted octanol–water partition coefficient (Wildman–Crippen LogP) is 2.10. The number of carbonyl (C=O) groups excluding carboxylic acids is 1. The number of methoxy groups -OCH3 is 2. The van der Waals surface area contributed by atoms with Crippen LogP contribution in [-0.2, 0) is 11.2 Å². The maximum Gasteiger partial charge on any atom is 0.239 e. The number of nitrogens with zero attached hydrogens (tertiary/aromatic N) is 4. The van der Waals surface area contributed by atoms with Crippen molar-refractivity contribution < 1.29 is 14.3 Å². The third-order valence-electron chi connectivity index (χ3n) is 4.03. The molecular formula is C19H21ClN6O3. The highest BCUT2D eigenvalue weighted by Gasteiger charge is 2.08. The van der Waals surface area contributed by atoms with Crippen LogP contribution in [0.25, 0.3) is 5.95 Å². The molecule has 0 fully saturated rings. The highest BCUT2D eigenvalue weighted by atomic mass is 35.5. The summed E-state index contributed by atoms with van der Waals surface area (Å²) in [5.74, 6) is 1.98. The Morgan fingerprint density at radius 3 is 2.72 bits per heavy atom. The summed E-state index contributed by atoms with van der Waals surface area (Å²) in [4.78, 5) is 24.5. The Balaban J connectivity index is 1.49. The molecule has 2 N–H and O–H groups in total. The first-order valence-electron chi connectivity index (χ1n) is 8.83. The summed E-state index contributed by atoms with van der Waals surface area (Å²) in [6.45, 7) is 0.545. The second-order valence-electron chi connectivity index (χ2n) is 5.99. The molecule has 0 bridgehead atoms. The molecule has 0 radical (unpaired) electrons. The van der Waals surface area contributed by atoms with Crippen molar-refractivity contribution in [2.24, 2.45) is 0 Å². The van der Waals surface area contributed by atoms with Crippen LogP contribution in [0.15, 0.2) is 43.0 Å². The summed E-state index contributed by atoms with van der Waals surface area (Å²) in [5.41, 5.74) is 1.03.